The Balaban J connectivity index is 2.14. The van der Waals surface area contributed by atoms with Crippen LogP contribution in [0.1, 0.15) is 11.1 Å². The van der Waals surface area contributed by atoms with Crippen LogP contribution in [0.4, 0.5) is 8.78 Å². The molecule has 0 atom stereocenters. The van der Waals surface area contributed by atoms with E-state index < -0.39 is 17.4 Å². The van der Waals surface area contributed by atoms with Crippen LogP contribution in [0.15, 0.2) is 36.4 Å². The van der Waals surface area contributed by atoms with E-state index in [1.165, 1.54) is 0 Å². The second-order valence-electron chi connectivity index (χ2n) is 4.16. The maximum atomic E-state index is 13.7. The third-order valence-electron chi connectivity index (χ3n) is 2.73. The lowest BCUT2D eigenvalue weighted by molar-refractivity contribution is 0.273. The number of ether oxygens (including phenoxy) is 2. The van der Waals surface area contributed by atoms with Gasteiger partial charge in [-0.3, -0.25) is 0 Å². The van der Waals surface area contributed by atoms with Crippen molar-refractivity contribution in [3.63, 3.8) is 0 Å². The van der Waals surface area contributed by atoms with E-state index in [1.807, 2.05) is 0 Å². The van der Waals surface area contributed by atoms with Crippen molar-refractivity contribution in [3.8, 4) is 11.5 Å². The molecule has 2 nitrogen and oxygen atoms in total. The predicted molar refractivity (Wildman–Crippen MR) is 73.2 cm³/mol. The van der Waals surface area contributed by atoms with Crippen LogP contribution in [0.3, 0.4) is 0 Å². The van der Waals surface area contributed by atoms with Gasteiger partial charge in [-0.1, -0.05) is 12.1 Å². The summed E-state index contributed by atoms with van der Waals surface area (Å²) in [7, 11) is 1.55. The minimum atomic E-state index is -0.761. The zero-order chi connectivity index (χ0) is 14.5. The highest BCUT2D eigenvalue weighted by Gasteiger charge is 2.12. The number of halogens is 3. The topological polar surface area (TPSA) is 18.5 Å². The molecule has 2 aromatic rings. The van der Waals surface area contributed by atoms with E-state index in [0.717, 1.165) is 17.7 Å². The summed E-state index contributed by atoms with van der Waals surface area (Å²) >= 11 is 5.54. The Bertz CT molecular complexity index is 579. The lowest BCUT2D eigenvalue weighted by atomic mass is 10.2. The summed E-state index contributed by atoms with van der Waals surface area (Å²) < 4.78 is 37.7. The average Bonchev–Trinajstić information content (AvgIpc) is 2.46. The number of benzene rings is 2. The molecule has 0 aromatic heterocycles. The summed E-state index contributed by atoms with van der Waals surface area (Å²) in [6.45, 7) is 0.0469. The molecule has 0 unspecified atom stereocenters. The molecule has 0 fully saturated rings. The van der Waals surface area contributed by atoms with Crippen LogP contribution in [-0.4, -0.2) is 7.11 Å². The van der Waals surface area contributed by atoms with Crippen LogP contribution in [0.5, 0.6) is 11.5 Å². The van der Waals surface area contributed by atoms with Gasteiger partial charge in [-0.25, -0.2) is 8.78 Å². The fourth-order valence-electron chi connectivity index (χ4n) is 1.75. The summed E-state index contributed by atoms with van der Waals surface area (Å²) in [5.41, 5.74) is 1.12. The minimum absolute atomic E-state index is 0.0456. The van der Waals surface area contributed by atoms with Crippen LogP contribution >= 0.6 is 11.6 Å². The molecule has 106 valence electrons. The summed E-state index contributed by atoms with van der Waals surface area (Å²) in [4.78, 5) is 0. The van der Waals surface area contributed by atoms with Crippen LogP contribution < -0.4 is 9.47 Å². The third kappa shape index (κ3) is 3.39. The maximum absolute atomic E-state index is 13.7. The fourth-order valence-corrected chi connectivity index (χ4v) is 1.90. The van der Waals surface area contributed by atoms with E-state index in [9.17, 15) is 8.78 Å². The van der Waals surface area contributed by atoms with Gasteiger partial charge in [0.05, 0.1) is 7.11 Å². The Morgan fingerprint density at radius 1 is 1.05 bits per heavy atom. The molecule has 2 aromatic carbocycles. The monoisotopic (exact) mass is 298 g/mol. The molecule has 0 bridgehead atoms. The van der Waals surface area contributed by atoms with Gasteiger partial charge in [0.15, 0.2) is 17.4 Å². The van der Waals surface area contributed by atoms with Gasteiger partial charge in [0.1, 0.15) is 12.4 Å². The Kier molecular flexibility index (Phi) is 4.79. The highest BCUT2D eigenvalue weighted by Crippen LogP contribution is 2.25. The Morgan fingerprint density at radius 2 is 1.75 bits per heavy atom. The first kappa shape index (κ1) is 14.6. The number of alkyl halides is 1. The molecule has 0 heterocycles. The molecular formula is C15H13ClF2O2. The average molecular weight is 299 g/mol. The van der Waals surface area contributed by atoms with Crippen LogP contribution in [0.2, 0.25) is 0 Å². The van der Waals surface area contributed by atoms with E-state index >= 15 is 0 Å². The standard InChI is InChI=1S/C15H13ClF2O2/c1-19-12-4-2-3-10(5-12)9-20-15-13(17)6-11(8-16)7-14(15)18/h2-7H,8-9H2,1H3. The lowest BCUT2D eigenvalue weighted by Gasteiger charge is -2.10. The molecule has 0 aliphatic rings. The largest absolute Gasteiger partial charge is 0.497 e. The highest BCUT2D eigenvalue weighted by molar-refractivity contribution is 6.17. The van der Waals surface area contributed by atoms with Gasteiger partial charge in [-0.15, -0.1) is 11.6 Å². The molecule has 2 rings (SSSR count). The van der Waals surface area contributed by atoms with E-state index in [-0.39, 0.29) is 12.5 Å². The summed E-state index contributed by atoms with van der Waals surface area (Å²) in [6, 6.07) is 9.41. The molecule has 0 saturated heterocycles. The number of hydrogen-bond acceptors (Lipinski definition) is 2. The van der Waals surface area contributed by atoms with Gasteiger partial charge in [-0.05, 0) is 35.4 Å². The zero-order valence-corrected chi connectivity index (χ0v) is 11.6. The van der Waals surface area contributed by atoms with Crippen LogP contribution in [0, 0.1) is 11.6 Å². The number of methoxy groups -OCH3 is 1. The van der Waals surface area contributed by atoms with E-state index in [0.29, 0.717) is 11.3 Å². The molecule has 20 heavy (non-hydrogen) atoms. The van der Waals surface area contributed by atoms with E-state index in [1.54, 1.807) is 31.4 Å². The van der Waals surface area contributed by atoms with Crippen molar-refractivity contribution in [3.05, 3.63) is 59.2 Å². The van der Waals surface area contributed by atoms with Crippen molar-refractivity contribution < 1.29 is 18.3 Å². The smallest absolute Gasteiger partial charge is 0.191 e. The first-order chi connectivity index (χ1) is 9.63. The van der Waals surface area contributed by atoms with Crippen molar-refractivity contribution in [2.24, 2.45) is 0 Å². The van der Waals surface area contributed by atoms with Gasteiger partial charge in [0.2, 0.25) is 0 Å². The Morgan fingerprint density at radius 3 is 2.35 bits per heavy atom. The number of rotatable bonds is 5. The molecular weight excluding hydrogens is 286 g/mol. The first-order valence-corrected chi connectivity index (χ1v) is 6.47. The molecule has 0 aliphatic heterocycles. The second-order valence-corrected chi connectivity index (χ2v) is 4.43. The lowest BCUT2D eigenvalue weighted by Crippen LogP contribution is -2.01. The third-order valence-corrected chi connectivity index (χ3v) is 3.04. The molecule has 0 amide bonds. The van der Waals surface area contributed by atoms with Gasteiger partial charge < -0.3 is 9.47 Å². The molecule has 0 aliphatic carbocycles. The van der Waals surface area contributed by atoms with Crippen molar-refractivity contribution in [1.29, 1.82) is 0 Å². The van der Waals surface area contributed by atoms with Crippen molar-refractivity contribution in [2.75, 3.05) is 7.11 Å². The zero-order valence-electron chi connectivity index (χ0n) is 10.8. The van der Waals surface area contributed by atoms with Crippen molar-refractivity contribution in [2.45, 2.75) is 12.5 Å². The Hall–Kier alpha value is -1.81. The predicted octanol–water partition coefficient (Wildman–Crippen LogP) is 4.29. The van der Waals surface area contributed by atoms with Crippen molar-refractivity contribution in [1.82, 2.24) is 0 Å². The quantitative estimate of drug-likeness (QED) is 0.767. The summed E-state index contributed by atoms with van der Waals surface area (Å²) in [5.74, 6) is -1.22. The molecule has 0 radical (unpaired) electrons. The number of hydrogen-bond donors (Lipinski definition) is 0. The van der Waals surface area contributed by atoms with Gasteiger partial charge >= 0.3 is 0 Å². The van der Waals surface area contributed by atoms with Crippen LogP contribution in [-0.2, 0) is 12.5 Å². The summed E-state index contributed by atoms with van der Waals surface area (Å²) in [6.07, 6.45) is 0. The van der Waals surface area contributed by atoms with E-state index in [2.05, 4.69) is 0 Å². The van der Waals surface area contributed by atoms with Gasteiger partial charge in [0.25, 0.3) is 0 Å². The van der Waals surface area contributed by atoms with Crippen molar-refractivity contribution >= 4 is 11.6 Å². The molecule has 0 spiro atoms. The minimum Gasteiger partial charge on any atom is -0.497 e. The maximum Gasteiger partial charge on any atom is 0.191 e. The molecule has 5 heteroatoms. The Labute approximate surface area is 120 Å². The normalized spacial score (nSPS) is 10.4. The molecule has 0 N–H and O–H groups in total. The summed E-state index contributed by atoms with van der Waals surface area (Å²) in [5, 5.41) is 0. The van der Waals surface area contributed by atoms with E-state index in [4.69, 9.17) is 21.1 Å². The highest BCUT2D eigenvalue weighted by atomic mass is 35.5. The van der Waals surface area contributed by atoms with Gasteiger partial charge in [-0.2, -0.15) is 0 Å². The first-order valence-electron chi connectivity index (χ1n) is 5.93. The van der Waals surface area contributed by atoms with Gasteiger partial charge in [0, 0.05) is 5.88 Å². The fraction of sp³-hybridized carbons (Fsp3) is 0.200. The SMILES string of the molecule is COc1cccc(COc2c(F)cc(CCl)cc2F)c1. The van der Waals surface area contributed by atoms with Crippen LogP contribution in [0.25, 0.3) is 0 Å². The second kappa shape index (κ2) is 6.57. The molecule has 0 saturated carbocycles.